The highest BCUT2D eigenvalue weighted by Crippen LogP contribution is 2.33. The lowest BCUT2D eigenvalue weighted by Crippen LogP contribution is -2.41. The Hall–Kier alpha value is -0.570. The third-order valence-corrected chi connectivity index (χ3v) is 2.60. The second-order valence-electron chi connectivity index (χ2n) is 3.74. The molecule has 3 nitrogen and oxygen atoms in total. The first kappa shape index (κ1) is 11.5. The summed E-state index contributed by atoms with van der Waals surface area (Å²) >= 11 is 0. The van der Waals surface area contributed by atoms with E-state index in [0.717, 1.165) is 25.7 Å². The van der Waals surface area contributed by atoms with Crippen molar-refractivity contribution in [2.75, 3.05) is 6.61 Å². The Morgan fingerprint density at radius 2 is 1.93 bits per heavy atom. The molecule has 1 aliphatic rings. The van der Waals surface area contributed by atoms with Gasteiger partial charge in [-0.3, -0.25) is 0 Å². The van der Waals surface area contributed by atoms with Crippen LogP contribution in [0.3, 0.4) is 0 Å². The SMILES string of the molecule is CCCC1(CCC)OC=NC1OCC. The fraction of sp³-hybridized carbons (Fsp3) is 0.909. The van der Waals surface area contributed by atoms with Crippen LogP contribution < -0.4 is 0 Å². The topological polar surface area (TPSA) is 30.8 Å². The molecule has 1 heterocycles. The zero-order valence-corrected chi connectivity index (χ0v) is 9.45. The number of nitrogens with zero attached hydrogens (tertiary/aromatic N) is 1. The van der Waals surface area contributed by atoms with Gasteiger partial charge in [0.05, 0.1) is 0 Å². The lowest BCUT2D eigenvalue weighted by atomic mass is 9.91. The Labute approximate surface area is 86.5 Å². The van der Waals surface area contributed by atoms with Gasteiger partial charge in [0.1, 0.15) is 0 Å². The van der Waals surface area contributed by atoms with Gasteiger partial charge in [-0.1, -0.05) is 26.7 Å². The minimum atomic E-state index is -0.181. The van der Waals surface area contributed by atoms with Crippen molar-refractivity contribution in [2.45, 2.75) is 58.3 Å². The third kappa shape index (κ3) is 2.27. The first-order valence-corrected chi connectivity index (χ1v) is 5.60. The maximum Gasteiger partial charge on any atom is 0.190 e. The molecule has 0 aromatic carbocycles. The number of hydrogen-bond acceptors (Lipinski definition) is 3. The molecule has 0 aliphatic carbocycles. The molecular formula is C11H21NO2. The number of ether oxygens (including phenoxy) is 2. The highest BCUT2D eigenvalue weighted by molar-refractivity contribution is 5.50. The molecule has 1 unspecified atom stereocenters. The largest absolute Gasteiger partial charge is 0.472 e. The van der Waals surface area contributed by atoms with Crippen LogP contribution in [0.5, 0.6) is 0 Å². The van der Waals surface area contributed by atoms with Gasteiger partial charge >= 0.3 is 0 Å². The summed E-state index contributed by atoms with van der Waals surface area (Å²) in [6.07, 6.45) is 5.72. The Morgan fingerprint density at radius 1 is 1.29 bits per heavy atom. The first-order chi connectivity index (χ1) is 6.79. The monoisotopic (exact) mass is 199 g/mol. The molecule has 0 saturated heterocycles. The second kappa shape index (κ2) is 5.35. The maximum absolute atomic E-state index is 5.67. The fourth-order valence-corrected chi connectivity index (χ4v) is 2.07. The highest BCUT2D eigenvalue weighted by atomic mass is 16.6. The molecule has 0 N–H and O–H groups in total. The van der Waals surface area contributed by atoms with Gasteiger partial charge in [-0.25, -0.2) is 4.99 Å². The van der Waals surface area contributed by atoms with Crippen molar-refractivity contribution in [3.8, 4) is 0 Å². The van der Waals surface area contributed by atoms with Crippen molar-refractivity contribution in [1.29, 1.82) is 0 Å². The van der Waals surface area contributed by atoms with E-state index in [0.29, 0.717) is 6.61 Å². The molecule has 82 valence electrons. The average molecular weight is 199 g/mol. The smallest absolute Gasteiger partial charge is 0.190 e. The van der Waals surface area contributed by atoms with Crippen LogP contribution in [0, 0.1) is 0 Å². The Kier molecular flexibility index (Phi) is 4.39. The second-order valence-corrected chi connectivity index (χ2v) is 3.74. The van der Waals surface area contributed by atoms with E-state index in [1.165, 1.54) is 0 Å². The molecule has 3 heteroatoms. The number of aliphatic imine (C=N–C) groups is 1. The van der Waals surface area contributed by atoms with Crippen molar-refractivity contribution >= 4 is 6.40 Å². The molecule has 0 spiro atoms. The lowest BCUT2D eigenvalue weighted by molar-refractivity contribution is -0.0782. The van der Waals surface area contributed by atoms with Crippen LogP contribution >= 0.6 is 0 Å². The minimum absolute atomic E-state index is 0.0904. The summed E-state index contributed by atoms with van der Waals surface area (Å²) in [5, 5.41) is 0. The van der Waals surface area contributed by atoms with E-state index in [-0.39, 0.29) is 11.8 Å². The van der Waals surface area contributed by atoms with Crippen LogP contribution in [0.2, 0.25) is 0 Å². The van der Waals surface area contributed by atoms with E-state index < -0.39 is 0 Å². The van der Waals surface area contributed by atoms with Crippen LogP contribution in [-0.2, 0) is 9.47 Å². The van der Waals surface area contributed by atoms with Crippen molar-refractivity contribution in [3.63, 3.8) is 0 Å². The molecule has 1 atom stereocenters. The standard InChI is InChI=1S/C11H21NO2/c1-4-7-11(8-5-2)10(13-6-3)12-9-14-11/h9-10H,4-8H2,1-3H3. The molecule has 0 bridgehead atoms. The first-order valence-electron chi connectivity index (χ1n) is 5.60. The highest BCUT2D eigenvalue weighted by Gasteiger charge is 2.42. The summed E-state index contributed by atoms with van der Waals surface area (Å²) in [7, 11) is 0. The van der Waals surface area contributed by atoms with Gasteiger partial charge in [0.2, 0.25) is 0 Å². The van der Waals surface area contributed by atoms with Crippen molar-refractivity contribution in [2.24, 2.45) is 4.99 Å². The fourth-order valence-electron chi connectivity index (χ4n) is 2.07. The summed E-state index contributed by atoms with van der Waals surface area (Å²) in [6.45, 7) is 7.03. The molecule has 14 heavy (non-hydrogen) atoms. The molecular weight excluding hydrogens is 178 g/mol. The molecule has 0 fully saturated rings. The summed E-state index contributed by atoms with van der Waals surface area (Å²) in [5.74, 6) is 0. The zero-order valence-electron chi connectivity index (χ0n) is 9.45. The predicted molar refractivity (Wildman–Crippen MR) is 57.5 cm³/mol. The molecule has 0 saturated carbocycles. The van der Waals surface area contributed by atoms with Crippen molar-refractivity contribution in [3.05, 3.63) is 0 Å². The van der Waals surface area contributed by atoms with Gasteiger partial charge in [0.25, 0.3) is 0 Å². The molecule has 0 radical (unpaired) electrons. The summed E-state index contributed by atoms with van der Waals surface area (Å²) in [6, 6.07) is 0. The summed E-state index contributed by atoms with van der Waals surface area (Å²) in [5.41, 5.74) is -0.181. The molecule has 1 rings (SSSR count). The van der Waals surface area contributed by atoms with E-state index >= 15 is 0 Å². The molecule has 0 aromatic rings. The molecule has 0 amide bonds. The summed E-state index contributed by atoms with van der Waals surface area (Å²) in [4.78, 5) is 4.25. The van der Waals surface area contributed by atoms with Crippen LogP contribution in [0.15, 0.2) is 4.99 Å². The Bertz CT molecular complexity index is 186. The van der Waals surface area contributed by atoms with Crippen molar-refractivity contribution < 1.29 is 9.47 Å². The number of hydrogen-bond donors (Lipinski definition) is 0. The van der Waals surface area contributed by atoms with Crippen LogP contribution in [0.25, 0.3) is 0 Å². The quantitative estimate of drug-likeness (QED) is 0.658. The van der Waals surface area contributed by atoms with Crippen molar-refractivity contribution in [1.82, 2.24) is 0 Å². The summed E-state index contributed by atoms with van der Waals surface area (Å²) < 4.78 is 11.3. The van der Waals surface area contributed by atoms with Gasteiger partial charge in [0.15, 0.2) is 18.2 Å². The zero-order chi connectivity index (χ0) is 10.4. The van der Waals surface area contributed by atoms with Gasteiger partial charge < -0.3 is 9.47 Å². The van der Waals surface area contributed by atoms with E-state index in [1.54, 1.807) is 6.40 Å². The number of rotatable bonds is 6. The van der Waals surface area contributed by atoms with E-state index in [9.17, 15) is 0 Å². The van der Waals surface area contributed by atoms with Crippen LogP contribution in [0.1, 0.15) is 46.5 Å². The molecule has 0 aromatic heterocycles. The maximum atomic E-state index is 5.67. The van der Waals surface area contributed by atoms with Gasteiger partial charge in [-0.2, -0.15) is 0 Å². The lowest BCUT2D eigenvalue weighted by Gasteiger charge is -2.32. The molecule has 1 aliphatic heterocycles. The van der Waals surface area contributed by atoms with E-state index in [2.05, 4.69) is 18.8 Å². The Morgan fingerprint density at radius 3 is 2.43 bits per heavy atom. The van der Waals surface area contributed by atoms with E-state index in [4.69, 9.17) is 9.47 Å². The van der Waals surface area contributed by atoms with Gasteiger partial charge in [0, 0.05) is 6.61 Å². The third-order valence-electron chi connectivity index (χ3n) is 2.60. The minimum Gasteiger partial charge on any atom is -0.472 e. The van der Waals surface area contributed by atoms with Crippen LogP contribution in [0.4, 0.5) is 0 Å². The van der Waals surface area contributed by atoms with Crippen LogP contribution in [-0.4, -0.2) is 24.8 Å². The van der Waals surface area contributed by atoms with Gasteiger partial charge in [-0.15, -0.1) is 0 Å². The van der Waals surface area contributed by atoms with Gasteiger partial charge in [-0.05, 0) is 19.8 Å². The van der Waals surface area contributed by atoms with E-state index in [1.807, 2.05) is 6.92 Å². The Balaban J connectivity index is 2.64. The predicted octanol–water partition coefficient (Wildman–Crippen LogP) is 2.75. The average Bonchev–Trinajstić information content (AvgIpc) is 2.51. The normalized spacial score (nSPS) is 23.8.